The lowest BCUT2D eigenvalue weighted by Crippen LogP contribution is -2.04. The molecule has 23 heavy (non-hydrogen) atoms. The molecule has 0 fully saturated rings. The summed E-state index contributed by atoms with van der Waals surface area (Å²) in [6.07, 6.45) is -1.61. The summed E-state index contributed by atoms with van der Waals surface area (Å²) >= 11 is 3.26. The first-order valence-electron chi connectivity index (χ1n) is 6.13. The zero-order chi connectivity index (χ0) is 16.4. The van der Waals surface area contributed by atoms with Crippen molar-refractivity contribution >= 4 is 15.9 Å². The van der Waals surface area contributed by atoms with Gasteiger partial charge in [-0.1, -0.05) is 11.2 Å². The maximum atomic E-state index is 12.5. The lowest BCUT2D eigenvalue weighted by molar-refractivity contribution is -0.159. The first-order valence-corrected chi connectivity index (χ1v) is 6.92. The second-order valence-corrected chi connectivity index (χ2v) is 5.22. The fraction of sp³-hybridized carbons (Fsp3) is 0.0714. The van der Waals surface area contributed by atoms with Crippen molar-refractivity contribution in [3.63, 3.8) is 0 Å². The number of pyridine rings is 1. The van der Waals surface area contributed by atoms with Crippen LogP contribution >= 0.6 is 15.9 Å². The van der Waals surface area contributed by atoms with Crippen molar-refractivity contribution in [3.8, 4) is 22.9 Å². The Hall–Kier alpha value is -2.42. The Labute approximate surface area is 136 Å². The minimum Gasteiger partial charge on any atom is -0.455 e. The first-order chi connectivity index (χ1) is 10.9. The molecule has 0 atom stereocenters. The van der Waals surface area contributed by atoms with E-state index in [1.165, 1.54) is 24.4 Å². The van der Waals surface area contributed by atoms with Gasteiger partial charge in [0.15, 0.2) is 0 Å². The van der Waals surface area contributed by atoms with Gasteiger partial charge in [0.1, 0.15) is 11.5 Å². The van der Waals surface area contributed by atoms with Crippen LogP contribution in [0.5, 0.6) is 11.5 Å². The van der Waals surface area contributed by atoms with Gasteiger partial charge >= 0.3 is 12.1 Å². The van der Waals surface area contributed by atoms with Crippen LogP contribution in [0.1, 0.15) is 5.89 Å². The Kier molecular flexibility index (Phi) is 4.03. The Morgan fingerprint density at radius 3 is 2.74 bits per heavy atom. The summed E-state index contributed by atoms with van der Waals surface area (Å²) in [5.74, 6) is -0.875. The Balaban J connectivity index is 1.86. The second-order valence-electron chi connectivity index (χ2n) is 4.30. The van der Waals surface area contributed by atoms with Crippen LogP contribution in [-0.2, 0) is 6.18 Å². The average molecular weight is 385 g/mol. The minimum atomic E-state index is -4.69. The number of hydrogen-bond acceptors (Lipinski definition) is 5. The number of alkyl halides is 3. The molecule has 0 spiro atoms. The normalized spacial score (nSPS) is 11.5. The van der Waals surface area contributed by atoms with Crippen molar-refractivity contribution in [2.45, 2.75) is 6.18 Å². The second kappa shape index (κ2) is 5.99. The third-order valence-corrected chi connectivity index (χ3v) is 3.04. The van der Waals surface area contributed by atoms with E-state index < -0.39 is 12.1 Å². The highest BCUT2D eigenvalue weighted by atomic mass is 79.9. The molecule has 0 unspecified atom stereocenters. The molecule has 1 radical (unpaired) electrons. The molecule has 0 aliphatic rings. The predicted octanol–water partition coefficient (Wildman–Crippen LogP) is 4.51. The Bertz CT molecular complexity index is 836. The van der Waals surface area contributed by atoms with Gasteiger partial charge in [-0.05, 0) is 34.1 Å². The SMILES string of the molecule is FC(F)(F)c1nc(-c2cc[c]c(Oc3cncc(Br)c3)c2)no1. The lowest BCUT2D eigenvalue weighted by atomic mass is 10.2. The van der Waals surface area contributed by atoms with E-state index in [4.69, 9.17) is 4.74 Å². The third-order valence-electron chi connectivity index (χ3n) is 2.61. The zero-order valence-electron chi connectivity index (χ0n) is 11.1. The summed E-state index contributed by atoms with van der Waals surface area (Å²) in [5.41, 5.74) is 0.306. The van der Waals surface area contributed by atoms with E-state index in [0.29, 0.717) is 11.3 Å². The Morgan fingerprint density at radius 1 is 1.22 bits per heavy atom. The summed E-state index contributed by atoms with van der Waals surface area (Å²) < 4.78 is 47.9. The minimum absolute atomic E-state index is 0.191. The van der Waals surface area contributed by atoms with E-state index in [9.17, 15) is 13.2 Å². The van der Waals surface area contributed by atoms with Crippen LogP contribution in [0.3, 0.4) is 0 Å². The molecular formula is C14H6BrF3N3O2. The number of ether oxygens (including phenoxy) is 1. The maximum absolute atomic E-state index is 12.5. The third kappa shape index (κ3) is 3.67. The van der Waals surface area contributed by atoms with Crippen LogP contribution in [-0.4, -0.2) is 15.1 Å². The molecule has 0 aliphatic heterocycles. The predicted molar refractivity (Wildman–Crippen MR) is 75.6 cm³/mol. The smallest absolute Gasteiger partial charge is 0.455 e. The lowest BCUT2D eigenvalue weighted by Gasteiger charge is -2.05. The maximum Gasteiger partial charge on any atom is 0.471 e. The van der Waals surface area contributed by atoms with Crippen LogP contribution in [0.4, 0.5) is 13.2 Å². The number of halogens is 4. The van der Waals surface area contributed by atoms with Crippen molar-refractivity contribution in [1.29, 1.82) is 0 Å². The van der Waals surface area contributed by atoms with Gasteiger partial charge < -0.3 is 9.26 Å². The first kappa shape index (κ1) is 15.5. The van der Waals surface area contributed by atoms with E-state index in [1.807, 2.05) is 0 Å². The van der Waals surface area contributed by atoms with Gasteiger partial charge in [0.05, 0.1) is 6.20 Å². The van der Waals surface area contributed by atoms with Crippen LogP contribution < -0.4 is 4.74 Å². The van der Waals surface area contributed by atoms with E-state index in [0.717, 1.165) is 4.47 Å². The fourth-order valence-corrected chi connectivity index (χ4v) is 2.02. The molecule has 0 saturated heterocycles. The fourth-order valence-electron chi connectivity index (χ4n) is 1.67. The van der Waals surface area contributed by atoms with Crippen molar-refractivity contribution in [2.75, 3.05) is 0 Å². The molecule has 2 heterocycles. The summed E-state index contributed by atoms with van der Waals surface area (Å²) in [6.45, 7) is 0. The molecule has 3 aromatic rings. The van der Waals surface area contributed by atoms with Gasteiger partial charge in [0, 0.05) is 22.3 Å². The standard InChI is InChI=1S/C14H6BrF3N3O2/c15-9-5-11(7-19-6-9)22-10-3-1-2-8(4-10)12-20-13(23-21-12)14(16,17)18/h1-2,4-7H. The highest BCUT2D eigenvalue weighted by Crippen LogP contribution is 2.31. The van der Waals surface area contributed by atoms with E-state index in [-0.39, 0.29) is 11.6 Å². The van der Waals surface area contributed by atoms with Crippen molar-refractivity contribution < 1.29 is 22.4 Å². The van der Waals surface area contributed by atoms with Crippen LogP contribution in [0.2, 0.25) is 0 Å². The average Bonchev–Trinajstić information content (AvgIpc) is 2.97. The number of hydrogen-bond donors (Lipinski definition) is 0. The summed E-state index contributed by atoms with van der Waals surface area (Å²) in [7, 11) is 0. The molecule has 0 amide bonds. The van der Waals surface area contributed by atoms with Crippen molar-refractivity contribution in [1.82, 2.24) is 15.1 Å². The van der Waals surface area contributed by atoms with Gasteiger partial charge in [-0.25, -0.2) is 0 Å². The van der Waals surface area contributed by atoms with Crippen LogP contribution in [0, 0.1) is 6.07 Å². The number of benzene rings is 1. The summed E-state index contributed by atoms with van der Waals surface area (Å²) in [5, 5.41) is 3.32. The molecule has 0 N–H and O–H groups in total. The monoisotopic (exact) mass is 384 g/mol. The summed E-state index contributed by atoms with van der Waals surface area (Å²) in [4.78, 5) is 7.26. The van der Waals surface area contributed by atoms with E-state index >= 15 is 0 Å². The molecule has 0 aliphatic carbocycles. The topological polar surface area (TPSA) is 61.0 Å². The highest BCUT2D eigenvalue weighted by molar-refractivity contribution is 9.10. The van der Waals surface area contributed by atoms with Gasteiger partial charge in [-0.15, -0.1) is 0 Å². The number of rotatable bonds is 3. The van der Waals surface area contributed by atoms with Gasteiger partial charge in [-0.2, -0.15) is 18.2 Å². The van der Waals surface area contributed by atoms with Gasteiger partial charge in [0.25, 0.3) is 0 Å². The molecule has 3 rings (SSSR count). The summed E-state index contributed by atoms with van der Waals surface area (Å²) in [6, 6.07) is 8.93. The Morgan fingerprint density at radius 2 is 2.04 bits per heavy atom. The number of aromatic nitrogens is 3. The van der Waals surface area contributed by atoms with Crippen LogP contribution in [0.25, 0.3) is 11.4 Å². The molecule has 5 nitrogen and oxygen atoms in total. The van der Waals surface area contributed by atoms with E-state index in [1.54, 1.807) is 12.3 Å². The van der Waals surface area contributed by atoms with Crippen molar-refractivity contribution in [2.24, 2.45) is 0 Å². The molecule has 9 heteroatoms. The molecular weight excluding hydrogens is 379 g/mol. The van der Waals surface area contributed by atoms with Crippen LogP contribution in [0.15, 0.2) is 45.7 Å². The van der Waals surface area contributed by atoms with Gasteiger partial charge in [-0.3, -0.25) is 4.98 Å². The molecule has 2 aromatic heterocycles. The largest absolute Gasteiger partial charge is 0.471 e. The molecule has 1 aromatic carbocycles. The number of nitrogens with zero attached hydrogens (tertiary/aromatic N) is 3. The van der Waals surface area contributed by atoms with Gasteiger partial charge in [0.2, 0.25) is 5.82 Å². The van der Waals surface area contributed by atoms with E-state index in [2.05, 4.69) is 41.6 Å². The highest BCUT2D eigenvalue weighted by Gasteiger charge is 2.38. The zero-order valence-corrected chi connectivity index (χ0v) is 12.7. The molecule has 0 saturated carbocycles. The molecule has 0 bridgehead atoms. The van der Waals surface area contributed by atoms with Crippen molar-refractivity contribution in [3.05, 3.63) is 53.1 Å². The quantitative estimate of drug-likeness (QED) is 0.664. The molecule has 117 valence electrons.